The van der Waals surface area contributed by atoms with Crippen LogP contribution in [0.2, 0.25) is 0 Å². The summed E-state index contributed by atoms with van der Waals surface area (Å²) in [6.07, 6.45) is 1.59. The molecule has 1 aliphatic heterocycles. The fourth-order valence-corrected chi connectivity index (χ4v) is 3.29. The smallest absolute Gasteiger partial charge is 0.303 e. The molecule has 2 aromatic heterocycles. The van der Waals surface area contributed by atoms with Crippen LogP contribution >= 0.6 is 0 Å². The molecule has 3 rings (SSSR count). The van der Waals surface area contributed by atoms with E-state index in [4.69, 9.17) is 5.11 Å². The summed E-state index contributed by atoms with van der Waals surface area (Å²) >= 11 is 0. The van der Waals surface area contributed by atoms with Gasteiger partial charge in [-0.1, -0.05) is 0 Å². The first kappa shape index (κ1) is 16.2. The number of aromatic amines is 1. The van der Waals surface area contributed by atoms with Crippen LogP contribution in [0.4, 0.5) is 0 Å². The molecule has 9 nitrogen and oxygen atoms in total. The van der Waals surface area contributed by atoms with E-state index in [2.05, 4.69) is 20.5 Å². The maximum atomic E-state index is 12.6. The minimum Gasteiger partial charge on any atom is -0.481 e. The van der Waals surface area contributed by atoms with E-state index in [1.54, 1.807) is 15.8 Å². The number of nitrogens with one attached hydrogen (secondary N) is 1. The third-order valence-electron chi connectivity index (χ3n) is 4.43. The van der Waals surface area contributed by atoms with Crippen LogP contribution in [-0.4, -0.2) is 60.2 Å². The van der Waals surface area contributed by atoms with Crippen molar-refractivity contribution >= 4 is 11.9 Å². The second-order valence-electron chi connectivity index (χ2n) is 6.24. The van der Waals surface area contributed by atoms with Crippen molar-refractivity contribution < 1.29 is 14.7 Å². The Bertz CT molecular complexity index is 738. The van der Waals surface area contributed by atoms with Gasteiger partial charge in [-0.15, -0.1) is 0 Å². The van der Waals surface area contributed by atoms with Gasteiger partial charge in [0.2, 0.25) is 5.91 Å². The highest BCUT2D eigenvalue weighted by Crippen LogP contribution is 2.33. The SMILES string of the molecule is Cc1cc(C)n(CC(=O)N2C[C@@H](CC(=O)O)[C@@H](c3cn[nH]n3)C2)n1. The number of carbonyl (C=O) groups excluding carboxylic acids is 1. The summed E-state index contributed by atoms with van der Waals surface area (Å²) in [7, 11) is 0. The van der Waals surface area contributed by atoms with Gasteiger partial charge in [0.25, 0.3) is 0 Å². The number of hydrogen-bond acceptors (Lipinski definition) is 5. The van der Waals surface area contributed by atoms with E-state index in [1.807, 2.05) is 19.9 Å². The number of likely N-dealkylation sites (tertiary alicyclic amines) is 1. The molecule has 1 amide bonds. The number of hydrogen-bond donors (Lipinski definition) is 2. The molecular formula is C15H20N6O3. The fraction of sp³-hybridized carbons (Fsp3) is 0.533. The van der Waals surface area contributed by atoms with Crippen LogP contribution in [0.15, 0.2) is 12.3 Å². The first-order valence-electron chi connectivity index (χ1n) is 7.80. The molecule has 3 heterocycles. The van der Waals surface area contributed by atoms with Crippen LogP contribution in [0.3, 0.4) is 0 Å². The summed E-state index contributed by atoms with van der Waals surface area (Å²) in [5, 5.41) is 23.8. The van der Waals surface area contributed by atoms with Crippen LogP contribution in [0.5, 0.6) is 0 Å². The maximum absolute atomic E-state index is 12.6. The van der Waals surface area contributed by atoms with Gasteiger partial charge in [-0.2, -0.15) is 20.5 Å². The van der Waals surface area contributed by atoms with Crippen LogP contribution in [-0.2, 0) is 16.1 Å². The number of aliphatic carboxylic acids is 1. The zero-order valence-corrected chi connectivity index (χ0v) is 13.6. The Morgan fingerprint density at radius 1 is 1.38 bits per heavy atom. The maximum Gasteiger partial charge on any atom is 0.303 e. The Morgan fingerprint density at radius 2 is 2.17 bits per heavy atom. The van der Waals surface area contributed by atoms with Crippen molar-refractivity contribution in [3.63, 3.8) is 0 Å². The minimum atomic E-state index is -0.874. The highest BCUT2D eigenvalue weighted by molar-refractivity contribution is 5.77. The highest BCUT2D eigenvalue weighted by Gasteiger charge is 2.38. The number of H-pyrrole nitrogens is 1. The van der Waals surface area contributed by atoms with Crippen LogP contribution < -0.4 is 0 Å². The monoisotopic (exact) mass is 332 g/mol. The molecule has 0 saturated carbocycles. The number of carbonyl (C=O) groups is 2. The topological polar surface area (TPSA) is 117 Å². The van der Waals surface area contributed by atoms with Gasteiger partial charge in [0.1, 0.15) is 6.54 Å². The molecule has 0 aliphatic carbocycles. The molecule has 9 heteroatoms. The number of rotatable bonds is 5. The molecule has 0 spiro atoms. The standard InChI is InChI=1S/C15H20N6O3/c1-9-3-10(2)21(18-9)8-14(22)20-6-11(4-15(23)24)12(7-20)13-5-16-19-17-13/h3,5,11-12H,4,6-8H2,1-2H3,(H,23,24)(H,16,17,19)/t11-,12+/m1/s1. The van der Waals surface area contributed by atoms with Crippen LogP contribution in [0, 0.1) is 19.8 Å². The summed E-state index contributed by atoms with van der Waals surface area (Å²) in [6, 6.07) is 1.92. The fourth-order valence-electron chi connectivity index (χ4n) is 3.29. The molecule has 2 atom stereocenters. The molecule has 1 fully saturated rings. The second kappa shape index (κ2) is 6.42. The Labute approximate surface area is 138 Å². The van der Waals surface area contributed by atoms with E-state index < -0.39 is 5.97 Å². The number of aryl methyl sites for hydroxylation is 2. The molecule has 1 aliphatic rings. The number of carboxylic acid groups (broad SMARTS) is 1. The van der Waals surface area contributed by atoms with Crippen molar-refractivity contribution in [2.75, 3.05) is 13.1 Å². The number of aromatic nitrogens is 5. The van der Waals surface area contributed by atoms with Crippen molar-refractivity contribution in [3.8, 4) is 0 Å². The molecule has 2 N–H and O–H groups in total. The van der Waals surface area contributed by atoms with Crippen molar-refractivity contribution in [3.05, 3.63) is 29.3 Å². The van der Waals surface area contributed by atoms with Gasteiger partial charge in [0.15, 0.2) is 0 Å². The van der Waals surface area contributed by atoms with E-state index in [9.17, 15) is 9.59 Å². The first-order valence-corrected chi connectivity index (χ1v) is 7.80. The number of amides is 1. The van der Waals surface area contributed by atoms with E-state index in [-0.39, 0.29) is 30.7 Å². The summed E-state index contributed by atoms with van der Waals surface area (Å²) in [6.45, 7) is 4.80. The van der Waals surface area contributed by atoms with Crippen molar-refractivity contribution in [2.45, 2.75) is 32.7 Å². The predicted molar refractivity (Wildman–Crippen MR) is 83.1 cm³/mol. The summed E-state index contributed by atoms with van der Waals surface area (Å²) in [4.78, 5) is 25.4. The molecule has 0 bridgehead atoms. The van der Waals surface area contributed by atoms with Crippen LogP contribution in [0.1, 0.15) is 29.4 Å². The van der Waals surface area contributed by atoms with Gasteiger partial charge in [-0.25, -0.2) is 0 Å². The first-order chi connectivity index (χ1) is 11.4. The number of nitrogens with zero attached hydrogens (tertiary/aromatic N) is 5. The third kappa shape index (κ3) is 3.29. The average Bonchev–Trinajstić information content (AvgIpc) is 3.19. The molecular weight excluding hydrogens is 312 g/mol. The molecule has 2 aromatic rings. The molecule has 128 valence electrons. The lowest BCUT2D eigenvalue weighted by Gasteiger charge is -2.16. The van der Waals surface area contributed by atoms with E-state index >= 15 is 0 Å². The van der Waals surface area contributed by atoms with Crippen LogP contribution in [0.25, 0.3) is 0 Å². The highest BCUT2D eigenvalue weighted by atomic mass is 16.4. The lowest BCUT2D eigenvalue weighted by atomic mass is 9.91. The van der Waals surface area contributed by atoms with Crippen molar-refractivity contribution in [1.29, 1.82) is 0 Å². The molecule has 1 saturated heterocycles. The van der Waals surface area contributed by atoms with Gasteiger partial charge < -0.3 is 10.0 Å². The Morgan fingerprint density at radius 3 is 2.75 bits per heavy atom. The Kier molecular flexibility index (Phi) is 4.32. The molecule has 0 unspecified atom stereocenters. The second-order valence-corrected chi connectivity index (χ2v) is 6.24. The zero-order chi connectivity index (χ0) is 17.3. The molecule has 24 heavy (non-hydrogen) atoms. The molecule has 0 radical (unpaired) electrons. The lowest BCUT2D eigenvalue weighted by Crippen LogP contribution is -2.32. The van der Waals surface area contributed by atoms with Crippen molar-refractivity contribution in [2.24, 2.45) is 5.92 Å². The zero-order valence-electron chi connectivity index (χ0n) is 13.6. The summed E-state index contributed by atoms with van der Waals surface area (Å²) in [5.41, 5.74) is 2.49. The Hall–Kier alpha value is -2.71. The quantitative estimate of drug-likeness (QED) is 0.815. The normalized spacial score (nSPS) is 20.5. The summed E-state index contributed by atoms with van der Waals surface area (Å²) < 4.78 is 1.67. The molecule has 0 aromatic carbocycles. The van der Waals surface area contributed by atoms with Crippen molar-refractivity contribution in [1.82, 2.24) is 30.1 Å². The summed E-state index contributed by atoms with van der Waals surface area (Å²) in [5.74, 6) is -1.23. The van der Waals surface area contributed by atoms with E-state index in [1.165, 1.54) is 0 Å². The van der Waals surface area contributed by atoms with Gasteiger partial charge in [-0.05, 0) is 25.8 Å². The lowest BCUT2D eigenvalue weighted by molar-refractivity contribution is -0.138. The largest absolute Gasteiger partial charge is 0.481 e. The van der Waals surface area contributed by atoms with Gasteiger partial charge in [0.05, 0.1) is 24.0 Å². The van der Waals surface area contributed by atoms with E-state index in [0.717, 1.165) is 11.4 Å². The van der Waals surface area contributed by atoms with Gasteiger partial charge >= 0.3 is 5.97 Å². The number of carboxylic acids is 1. The Balaban J connectivity index is 1.73. The minimum absolute atomic E-state index is 0.00120. The van der Waals surface area contributed by atoms with Gasteiger partial charge in [-0.3, -0.25) is 14.3 Å². The third-order valence-corrected chi connectivity index (χ3v) is 4.43. The predicted octanol–water partition coefficient (Wildman–Crippen LogP) is 0.335. The van der Waals surface area contributed by atoms with E-state index in [0.29, 0.717) is 18.8 Å². The average molecular weight is 332 g/mol. The van der Waals surface area contributed by atoms with Gasteiger partial charge in [0, 0.05) is 24.7 Å².